The SMILES string of the molecule is CCC[C@H]1CC[C@H](C2CCC(C#Cc3ccc(OC)c(F)c3F)CC2)CC1. The molecule has 1 aromatic rings. The lowest BCUT2D eigenvalue weighted by molar-refractivity contribution is 0.154. The van der Waals surface area contributed by atoms with E-state index in [1.165, 1.54) is 70.6 Å². The van der Waals surface area contributed by atoms with Gasteiger partial charge < -0.3 is 4.74 Å². The smallest absolute Gasteiger partial charge is 0.201 e. The van der Waals surface area contributed by atoms with Crippen LogP contribution in [0.25, 0.3) is 0 Å². The molecule has 0 radical (unpaired) electrons. The van der Waals surface area contributed by atoms with Crippen LogP contribution in [0.1, 0.15) is 76.7 Å². The van der Waals surface area contributed by atoms with Gasteiger partial charge in [-0.25, -0.2) is 4.39 Å². The lowest BCUT2D eigenvalue weighted by Gasteiger charge is -2.37. The van der Waals surface area contributed by atoms with Crippen molar-refractivity contribution in [1.82, 2.24) is 0 Å². The van der Waals surface area contributed by atoms with E-state index in [0.29, 0.717) is 5.92 Å². The highest BCUT2D eigenvalue weighted by molar-refractivity contribution is 5.41. The van der Waals surface area contributed by atoms with Gasteiger partial charge >= 0.3 is 0 Å². The first-order valence-corrected chi connectivity index (χ1v) is 10.7. The monoisotopic (exact) mass is 374 g/mol. The van der Waals surface area contributed by atoms with Crippen molar-refractivity contribution in [1.29, 1.82) is 0 Å². The van der Waals surface area contributed by atoms with Crippen LogP contribution in [-0.2, 0) is 0 Å². The van der Waals surface area contributed by atoms with Crippen LogP contribution < -0.4 is 4.74 Å². The second-order valence-electron chi connectivity index (χ2n) is 8.39. The highest BCUT2D eigenvalue weighted by Crippen LogP contribution is 2.42. The molecule has 0 bridgehead atoms. The quantitative estimate of drug-likeness (QED) is 0.530. The summed E-state index contributed by atoms with van der Waals surface area (Å²) < 4.78 is 32.6. The molecule has 0 heterocycles. The van der Waals surface area contributed by atoms with E-state index in [0.717, 1.165) is 30.6 Å². The Bertz CT molecular complexity index is 672. The maximum atomic E-state index is 14.0. The fourth-order valence-corrected chi connectivity index (χ4v) is 5.06. The third-order valence-corrected chi connectivity index (χ3v) is 6.70. The molecular weight excluding hydrogens is 342 g/mol. The first-order valence-electron chi connectivity index (χ1n) is 10.7. The molecule has 3 rings (SSSR count). The van der Waals surface area contributed by atoms with Crippen LogP contribution >= 0.6 is 0 Å². The number of methoxy groups -OCH3 is 1. The summed E-state index contributed by atoms with van der Waals surface area (Å²) in [6.45, 7) is 2.29. The average molecular weight is 375 g/mol. The Kier molecular flexibility index (Phi) is 7.16. The molecule has 2 aliphatic rings. The summed E-state index contributed by atoms with van der Waals surface area (Å²) in [4.78, 5) is 0. The maximum Gasteiger partial charge on any atom is 0.201 e. The molecule has 0 spiro atoms. The van der Waals surface area contributed by atoms with Gasteiger partial charge in [0, 0.05) is 5.92 Å². The second kappa shape index (κ2) is 9.58. The van der Waals surface area contributed by atoms with E-state index in [9.17, 15) is 8.78 Å². The van der Waals surface area contributed by atoms with Gasteiger partial charge in [0.05, 0.1) is 12.7 Å². The van der Waals surface area contributed by atoms with Gasteiger partial charge in [-0.3, -0.25) is 0 Å². The summed E-state index contributed by atoms with van der Waals surface area (Å²) >= 11 is 0. The minimum atomic E-state index is -0.952. The zero-order valence-electron chi connectivity index (χ0n) is 16.7. The number of rotatable bonds is 4. The van der Waals surface area contributed by atoms with Crippen LogP contribution in [0.5, 0.6) is 5.75 Å². The third kappa shape index (κ3) is 5.03. The predicted octanol–water partition coefficient (Wildman–Crippen LogP) is 6.74. The molecule has 148 valence electrons. The van der Waals surface area contributed by atoms with Gasteiger partial charge in [-0.05, 0) is 68.4 Å². The predicted molar refractivity (Wildman–Crippen MR) is 106 cm³/mol. The molecule has 0 amide bonds. The highest BCUT2D eigenvalue weighted by atomic mass is 19.2. The molecule has 0 saturated heterocycles. The minimum absolute atomic E-state index is 0.0767. The normalized spacial score (nSPS) is 28.3. The van der Waals surface area contributed by atoms with Crippen molar-refractivity contribution in [2.24, 2.45) is 23.7 Å². The summed E-state index contributed by atoms with van der Waals surface area (Å²) in [6, 6.07) is 2.94. The van der Waals surface area contributed by atoms with Crippen LogP contribution in [-0.4, -0.2) is 7.11 Å². The zero-order chi connectivity index (χ0) is 19.2. The molecule has 0 aliphatic heterocycles. The van der Waals surface area contributed by atoms with Gasteiger partial charge in [-0.2, -0.15) is 4.39 Å². The Hall–Kier alpha value is -1.56. The highest BCUT2D eigenvalue weighted by Gasteiger charge is 2.30. The summed E-state index contributed by atoms with van der Waals surface area (Å²) in [7, 11) is 1.33. The van der Waals surface area contributed by atoms with E-state index < -0.39 is 11.6 Å². The van der Waals surface area contributed by atoms with Crippen molar-refractivity contribution < 1.29 is 13.5 Å². The van der Waals surface area contributed by atoms with Crippen molar-refractivity contribution in [2.75, 3.05) is 7.11 Å². The molecule has 0 N–H and O–H groups in total. The minimum Gasteiger partial charge on any atom is -0.494 e. The summed E-state index contributed by atoms with van der Waals surface area (Å²) in [5, 5.41) is 0. The van der Waals surface area contributed by atoms with E-state index in [-0.39, 0.29) is 11.3 Å². The molecule has 2 fully saturated rings. The second-order valence-corrected chi connectivity index (χ2v) is 8.39. The van der Waals surface area contributed by atoms with E-state index in [2.05, 4.69) is 18.8 Å². The van der Waals surface area contributed by atoms with E-state index in [1.807, 2.05) is 0 Å². The van der Waals surface area contributed by atoms with Crippen molar-refractivity contribution in [3.8, 4) is 17.6 Å². The number of ether oxygens (including phenoxy) is 1. The van der Waals surface area contributed by atoms with Crippen molar-refractivity contribution in [3.63, 3.8) is 0 Å². The van der Waals surface area contributed by atoms with Crippen molar-refractivity contribution in [3.05, 3.63) is 29.3 Å². The molecular formula is C24H32F2O. The first kappa shape index (κ1) is 20.2. The fraction of sp³-hybridized carbons (Fsp3) is 0.667. The fourth-order valence-electron chi connectivity index (χ4n) is 5.06. The van der Waals surface area contributed by atoms with Gasteiger partial charge in [0.1, 0.15) is 0 Å². The van der Waals surface area contributed by atoms with Gasteiger partial charge in [0.25, 0.3) is 0 Å². The van der Waals surface area contributed by atoms with Crippen LogP contribution in [0.15, 0.2) is 12.1 Å². The Morgan fingerprint density at radius 1 is 0.926 bits per heavy atom. The lowest BCUT2D eigenvalue weighted by atomic mass is 9.69. The molecule has 1 aromatic carbocycles. The molecule has 0 unspecified atom stereocenters. The van der Waals surface area contributed by atoms with Gasteiger partial charge in [0.2, 0.25) is 5.82 Å². The Balaban J connectivity index is 1.51. The number of hydrogen-bond acceptors (Lipinski definition) is 1. The van der Waals surface area contributed by atoms with Gasteiger partial charge in [0.15, 0.2) is 11.6 Å². The van der Waals surface area contributed by atoms with Gasteiger partial charge in [-0.15, -0.1) is 0 Å². The van der Waals surface area contributed by atoms with E-state index in [4.69, 9.17) is 4.74 Å². The van der Waals surface area contributed by atoms with Gasteiger partial charge in [-0.1, -0.05) is 44.4 Å². The number of benzene rings is 1. The molecule has 27 heavy (non-hydrogen) atoms. The lowest BCUT2D eigenvalue weighted by Crippen LogP contribution is -2.25. The van der Waals surface area contributed by atoms with Crippen LogP contribution in [0, 0.1) is 47.1 Å². The Labute approximate surface area is 162 Å². The first-order chi connectivity index (χ1) is 13.1. The Morgan fingerprint density at radius 3 is 2.15 bits per heavy atom. The molecule has 2 saturated carbocycles. The molecule has 0 aromatic heterocycles. The molecule has 3 heteroatoms. The number of halogens is 2. The maximum absolute atomic E-state index is 14.0. The van der Waals surface area contributed by atoms with Crippen LogP contribution in [0.3, 0.4) is 0 Å². The zero-order valence-corrected chi connectivity index (χ0v) is 16.7. The summed E-state index contributed by atoms with van der Waals surface area (Å²) in [6.07, 6.45) is 13.0. The van der Waals surface area contributed by atoms with E-state index in [1.54, 1.807) is 0 Å². The largest absolute Gasteiger partial charge is 0.494 e. The molecule has 2 aliphatic carbocycles. The van der Waals surface area contributed by atoms with Crippen LogP contribution in [0.2, 0.25) is 0 Å². The molecule has 1 nitrogen and oxygen atoms in total. The van der Waals surface area contributed by atoms with E-state index >= 15 is 0 Å². The molecule has 0 atom stereocenters. The topological polar surface area (TPSA) is 9.23 Å². The number of hydrogen-bond donors (Lipinski definition) is 0. The summed E-state index contributed by atoms with van der Waals surface area (Å²) in [5.41, 5.74) is 0.129. The third-order valence-electron chi connectivity index (χ3n) is 6.70. The average Bonchev–Trinajstić information content (AvgIpc) is 2.70. The Morgan fingerprint density at radius 2 is 1.56 bits per heavy atom. The van der Waals surface area contributed by atoms with Crippen molar-refractivity contribution >= 4 is 0 Å². The van der Waals surface area contributed by atoms with Crippen LogP contribution in [0.4, 0.5) is 8.78 Å². The summed E-state index contributed by atoms with van der Waals surface area (Å²) in [5.74, 6) is 7.15. The standard InChI is InChI=1S/C24H32F2O/c1-3-4-17-5-10-19(11-6-17)20-12-7-18(8-13-20)9-14-21-15-16-22(27-2)24(26)23(21)25/h15-20H,3-8,10-13H2,1-2H3/t17-,18?,19-,20?. The van der Waals surface area contributed by atoms with Crippen molar-refractivity contribution in [2.45, 2.75) is 71.1 Å².